The summed E-state index contributed by atoms with van der Waals surface area (Å²) in [5.74, 6) is -1.59. The molecule has 1 aliphatic heterocycles. The Morgan fingerprint density at radius 2 is 1.94 bits per heavy atom. The van der Waals surface area contributed by atoms with E-state index in [4.69, 9.17) is 4.74 Å². The molecule has 2 aliphatic rings. The van der Waals surface area contributed by atoms with Gasteiger partial charge in [0.1, 0.15) is 5.52 Å². The van der Waals surface area contributed by atoms with E-state index in [1.54, 1.807) is 6.33 Å². The minimum Gasteiger partial charge on any atom is -0.378 e. The largest absolute Gasteiger partial charge is 0.378 e. The van der Waals surface area contributed by atoms with Crippen LogP contribution in [0.2, 0.25) is 0 Å². The molecule has 2 fully saturated rings. The predicted octanol–water partition coefficient (Wildman–Crippen LogP) is 4.23. The maximum Gasteiger partial charge on any atom is 0.248 e. The standard InChI is InChI=1S/C22H27F2N7O/c1-14-12-16(31-8-10-32-11-9-31)2-3-17(14)28-21-29-19-18(25-13-26-19)20(30-21)27-15-4-6-22(23,24)7-5-15/h2-3,12-13,15H,4-11H2,1H3,(H3,25,26,27,28,29,30). The van der Waals surface area contributed by atoms with Gasteiger partial charge < -0.3 is 25.3 Å². The molecule has 2 aromatic heterocycles. The van der Waals surface area contributed by atoms with Crippen LogP contribution in [0.5, 0.6) is 0 Å². The molecule has 3 N–H and O–H groups in total. The number of alkyl halides is 2. The molecule has 0 bridgehead atoms. The summed E-state index contributed by atoms with van der Waals surface area (Å²) >= 11 is 0. The Balaban J connectivity index is 1.35. The number of H-pyrrole nitrogens is 1. The Kier molecular flexibility index (Phi) is 5.54. The van der Waals surface area contributed by atoms with Crippen molar-refractivity contribution in [3.8, 4) is 0 Å². The molecule has 1 aromatic carbocycles. The van der Waals surface area contributed by atoms with E-state index in [0.29, 0.717) is 35.8 Å². The Morgan fingerprint density at radius 3 is 2.69 bits per heavy atom. The molecule has 0 radical (unpaired) electrons. The van der Waals surface area contributed by atoms with Crippen LogP contribution >= 0.6 is 0 Å². The first-order valence-electron chi connectivity index (χ1n) is 11.0. The first-order chi connectivity index (χ1) is 15.5. The highest BCUT2D eigenvalue weighted by atomic mass is 19.3. The number of ether oxygens (including phenoxy) is 1. The second-order valence-electron chi connectivity index (χ2n) is 8.49. The smallest absolute Gasteiger partial charge is 0.248 e. The van der Waals surface area contributed by atoms with E-state index in [9.17, 15) is 8.78 Å². The molecule has 1 aliphatic carbocycles. The summed E-state index contributed by atoms with van der Waals surface area (Å²) in [4.78, 5) is 18.8. The van der Waals surface area contributed by atoms with Crippen molar-refractivity contribution < 1.29 is 13.5 Å². The molecule has 3 aromatic rings. The van der Waals surface area contributed by atoms with Crippen molar-refractivity contribution in [2.24, 2.45) is 0 Å². The van der Waals surface area contributed by atoms with Crippen molar-refractivity contribution in [2.45, 2.75) is 44.6 Å². The van der Waals surface area contributed by atoms with Gasteiger partial charge in [-0.2, -0.15) is 9.97 Å². The van der Waals surface area contributed by atoms with E-state index < -0.39 is 5.92 Å². The molecule has 0 atom stereocenters. The fourth-order valence-corrected chi connectivity index (χ4v) is 4.30. The number of hydrogen-bond acceptors (Lipinski definition) is 7. The van der Waals surface area contributed by atoms with Gasteiger partial charge in [-0.3, -0.25) is 0 Å². The zero-order chi connectivity index (χ0) is 22.1. The van der Waals surface area contributed by atoms with Gasteiger partial charge in [0.05, 0.1) is 19.5 Å². The molecule has 1 saturated heterocycles. The Labute approximate surface area is 184 Å². The molecular formula is C22H27F2N7O. The summed E-state index contributed by atoms with van der Waals surface area (Å²) in [7, 11) is 0. The van der Waals surface area contributed by atoms with Gasteiger partial charge in [0.25, 0.3) is 0 Å². The van der Waals surface area contributed by atoms with Gasteiger partial charge in [0.15, 0.2) is 11.5 Å². The molecule has 32 heavy (non-hydrogen) atoms. The average molecular weight is 444 g/mol. The molecular weight excluding hydrogens is 416 g/mol. The monoisotopic (exact) mass is 443 g/mol. The maximum atomic E-state index is 13.5. The van der Waals surface area contributed by atoms with Crippen LogP contribution in [0.3, 0.4) is 0 Å². The van der Waals surface area contributed by atoms with Crippen LogP contribution in [0.25, 0.3) is 11.2 Å². The number of nitrogens with one attached hydrogen (secondary N) is 3. The number of anilines is 4. The SMILES string of the molecule is Cc1cc(N2CCOCC2)ccc1Nc1nc(NC2CCC(F)(F)CC2)c2nc[nH]c2n1. The number of nitrogens with zero attached hydrogens (tertiary/aromatic N) is 4. The number of aromatic amines is 1. The highest BCUT2D eigenvalue weighted by Crippen LogP contribution is 2.35. The molecule has 3 heterocycles. The van der Waals surface area contributed by atoms with Gasteiger partial charge in [-0.1, -0.05) is 0 Å². The number of benzene rings is 1. The van der Waals surface area contributed by atoms with Crippen molar-refractivity contribution in [1.82, 2.24) is 19.9 Å². The molecule has 10 heteroatoms. The predicted molar refractivity (Wildman–Crippen MR) is 120 cm³/mol. The molecule has 1 saturated carbocycles. The van der Waals surface area contributed by atoms with Crippen molar-refractivity contribution >= 4 is 34.3 Å². The van der Waals surface area contributed by atoms with Gasteiger partial charge in [0.2, 0.25) is 11.9 Å². The van der Waals surface area contributed by atoms with Crippen LogP contribution < -0.4 is 15.5 Å². The minimum absolute atomic E-state index is 0.0631. The maximum absolute atomic E-state index is 13.5. The number of imidazole rings is 1. The quantitative estimate of drug-likeness (QED) is 0.544. The lowest BCUT2D eigenvalue weighted by Crippen LogP contribution is -2.36. The third-order valence-electron chi connectivity index (χ3n) is 6.17. The van der Waals surface area contributed by atoms with Crippen molar-refractivity contribution in [3.63, 3.8) is 0 Å². The fourth-order valence-electron chi connectivity index (χ4n) is 4.30. The molecule has 8 nitrogen and oxygen atoms in total. The van der Waals surface area contributed by atoms with Crippen LogP contribution in [0.1, 0.15) is 31.2 Å². The van der Waals surface area contributed by atoms with Crippen LogP contribution in [-0.4, -0.2) is 58.2 Å². The van der Waals surface area contributed by atoms with Crippen LogP contribution in [0.4, 0.5) is 31.9 Å². The van der Waals surface area contributed by atoms with E-state index in [2.05, 4.69) is 47.6 Å². The van der Waals surface area contributed by atoms with Gasteiger partial charge in [-0.25, -0.2) is 13.8 Å². The number of aromatic nitrogens is 4. The first-order valence-corrected chi connectivity index (χ1v) is 11.0. The normalized spacial score (nSPS) is 19.3. The van der Waals surface area contributed by atoms with Gasteiger partial charge in [0, 0.05) is 43.3 Å². The molecule has 0 spiro atoms. The van der Waals surface area contributed by atoms with Crippen LogP contribution in [-0.2, 0) is 4.74 Å². The number of morpholine rings is 1. The molecule has 170 valence electrons. The highest BCUT2D eigenvalue weighted by Gasteiger charge is 2.35. The van der Waals surface area contributed by atoms with Crippen molar-refractivity contribution in [3.05, 3.63) is 30.1 Å². The number of aryl methyl sites for hydroxylation is 1. The molecule has 5 rings (SSSR count). The second kappa shape index (κ2) is 8.50. The number of hydrogen-bond donors (Lipinski definition) is 3. The number of halogens is 2. The lowest BCUT2D eigenvalue weighted by Gasteiger charge is -2.29. The average Bonchev–Trinajstić information content (AvgIpc) is 3.26. The number of fused-ring (bicyclic) bond motifs is 1. The zero-order valence-corrected chi connectivity index (χ0v) is 18.0. The van der Waals surface area contributed by atoms with E-state index in [-0.39, 0.29) is 18.9 Å². The topological polar surface area (TPSA) is 91.0 Å². The first kappa shape index (κ1) is 20.9. The summed E-state index contributed by atoms with van der Waals surface area (Å²) in [6, 6.07) is 6.18. The van der Waals surface area contributed by atoms with E-state index in [1.807, 2.05) is 13.0 Å². The lowest BCUT2D eigenvalue weighted by molar-refractivity contribution is -0.0361. The second-order valence-corrected chi connectivity index (χ2v) is 8.49. The minimum atomic E-state index is -2.57. The van der Waals surface area contributed by atoms with Crippen LogP contribution in [0, 0.1) is 6.92 Å². The third-order valence-corrected chi connectivity index (χ3v) is 6.17. The summed E-state index contributed by atoms with van der Waals surface area (Å²) < 4.78 is 32.5. The van der Waals surface area contributed by atoms with Gasteiger partial charge in [-0.15, -0.1) is 0 Å². The summed E-state index contributed by atoms with van der Waals surface area (Å²) in [5, 5.41) is 6.62. The van der Waals surface area contributed by atoms with Gasteiger partial charge >= 0.3 is 0 Å². The third kappa shape index (κ3) is 4.45. The lowest BCUT2D eigenvalue weighted by atomic mass is 9.92. The Morgan fingerprint density at radius 1 is 1.16 bits per heavy atom. The zero-order valence-electron chi connectivity index (χ0n) is 18.0. The highest BCUT2D eigenvalue weighted by molar-refractivity contribution is 5.84. The van der Waals surface area contributed by atoms with E-state index >= 15 is 0 Å². The van der Waals surface area contributed by atoms with Crippen molar-refractivity contribution in [1.29, 1.82) is 0 Å². The van der Waals surface area contributed by atoms with E-state index in [1.165, 1.54) is 0 Å². The Hall–Kier alpha value is -3.01. The Bertz CT molecular complexity index is 1090. The summed E-state index contributed by atoms with van der Waals surface area (Å²) in [5.41, 5.74) is 4.34. The summed E-state index contributed by atoms with van der Waals surface area (Å²) in [6.45, 7) is 5.29. The molecule has 0 unspecified atom stereocenters. The van der Waals surface area contributed by atoms with E-state index in [0.717, 1.165) is 43.2 Å². The van der Waals surface area contributed by atoms with Crippen LogP contribution in [0.15, 0.2) is 24.5 Å². The molecule has 0 amide bonds. The van der Waals surface area contributed by atoms with Crippen molar-refractivity contribution in [2.75, 3.05) is 41.8 Å². The fraction of sp³-hybridized carbons (Fsp3) is 0.500. The number of rotatable bonds is 5. The van der Waals surface area contributed by atoms with Gasteiger partial charge in [-0.05, 0) is 43.5 Å². The summed E-state index contributed by atoms with van der Waals surface area (Å²) in [6.07, 6.45) is 2.13.